The molecule has 1 heterocycles. The number of aryl methyl sites for hydroxylation is 2. The third kappa shape index (κ3) is 4.78. The van der Waals surface area contributed by atoms with E-state index in [0.29, 0.717) is 13.0 Å². The lowest BCUT2D eigenvalue weighted by Gasteiger charge is -2.36. The van der Waals surface area contributed by atoms with Crippen LogP contribution in [0.1, 0.15) is 24.5 Å². The van der Waals surface area contributed by atoms with Gasteiger partial charge in [-0.1, -0.05) is 31.2 Å². The molecule has 0 spiro atoms. The van der Waals surface area contributed by atoms with Crippen molar-refractivity contribution >= 4 is 17.3 Å². The summed E-state index contributed by atoms with van der Waals surface area (Å²) in [5.74, 6) is 0.242. The molecule has 138 valence electrons. The number of anilines is 2. The minimum atomic E-state index is 0.242. The number of hydrogen-bond acceptors (Lipinski definition) is 3. The summed E-state index contributed by atoms with van der Waals surface area (Å²) in [6, 6.07) is 17.0. The van der Waals surface area contributed by atoms with Crippen LogP contribution in [0.15, 0.2) is 48.5 Å². The second-order valence-electron chi connectivity index (χ2n) is 6.93. The molecule has 1 N–H and O–H groups in total. The Hall–Kier alpha value is -2.49. The SMILES string of the molecule is CCc1ccc(NCCC(=O)N2CCN(c3cccc(C)c3)CC2)cc1. The Bertz CT molecular complexity index is 718. The van der Waals surface area contributed by atoms with Gasteiger partial charge in [-0.25, -0.2) is 0 Å². The van der Waals surface area contributed by atoms with Crippen molar-refractivity contribution in [2.45, 2.75) is 26.7 Å². The molecule has 0 bridgehead atoms. The molecule has 0 atom stereocenters. The Labute approximate surface area is 156 Å². The largest absolute Gasteiger partial charge is 0.385 e. The fourth-order valence-electron chi connectivity index (χ4n) is 3.37. The van der Waals surface area contributed by atoms with Crippen molar-refractivity contribution in [1.82, 2.24) is 4.90 Å². The molecule has 1 aliphatic heterocycles. The van der Waals surface area contributed by atoms with E-state index in [1.807, 2.05) is 4.90 Å². The molecular weight excluding hydrogens is 322 g/mol. The molecule has 0 aliphatic carbocycles. The number of amides is 1. The van der Waals surface area contributed by atoms with E-state index in [1.54, 1.807) is 0 Å². The van der Waals surface area contributed by atoms with Gasteiger partial charge < -0.3 is 15.1 Å². The van der Waals surface area contributed by atoms with Crippen molar-refractivity contribution in [3.8, 4) is 0 Å². The fourth-order valence-corrected chi connectivity index (χ4v) is 3.37. The molecule has 2 aromatic carbocycles. The van der Waals surface area contributed by atoms with Crippen LogP contribution in [0.3, 0.4) is 0 Å². The van der Waals surface area contributed by atoms with Crippen LogP contribution in [0.5, 0.6) is 0 Å². The third-order valence-corrected chi connectivity index (χ3v) is 5.03. The van der Waals surface area contributed by atoms with Gasteiger partial charge in [-0.3, -0.25) is 4.79 Å². The average Bonchev–Trinajstić information content (AvgIpc) is 2.68. The van der Waals surface area contributed by atoms with Gasteiger partial charge in [-0.05, 0) is 48.7 Å². The van der Waals surface area contributed by atoms with E-state index in [1.165, 1.54) is 16.8 Å². The van der Waals surface area contributed by atoms with E-state index < -0.39 is 0 Å². The summed E-state index contributed by atoms with van der Waals surface area (Å²) in [7, 11) is 0. The first-order chi connectivity index (χ1) is 12.7. The van der Waals surface area contributed by atoms with Crippen LogP contribution in [0.25, 0.3) is 0 Å². The molecule has 26 heavy (non-hydrogen) atoms. The molecule has 1 aliphatic rings. The summed E-state index contributed by atoms with van der Waals surface area (Å²) in [5.41, 5.74) is 4.95. The molecule has 4 heteroatoms. The summed E-state index contributed by atoms with van der Waals surface area (Å²) in [5, 5.41) is 3.35. The second kappa shape index (κ2) is 8.75. The van der Waals surface area contributed by atoms with E-state index in [-0.39, 0.29) is 5.91 Å². The first-order valence-electron chi connectivity index (χ1n) is 9.58. The lowest BCUT2D eigenvalue weighted by Crippen LogP contribution is -2.49. The van der Waals surface area contributed by atoms with Gasteiger partial charge >= 0.3 is 0 Å². The Balaban J connectivity index is 1.42. The molecule has 1 amide bonds. The number of hydrogen-bond donors (Lipinski definition) is 1. The first-order valence-corrected chi connectivity index (χ1v) is 9.58. The highest BCUT2D eigenvalue weighted by atomic mass is 16.2. The molecular formula is C22H29N3O. The highest BCUT2D eigenvalue weighted by Gasteiger charge is 2.20. The van der Waals surface area contributed by atoms with Crippen LogP contribution in [-0.4, -0.2) is 43.5 Å². The summed E-state index contributed by atoms with van der Waals surface area (Å²) in [6.07, 6.45) is 1.59. The third-order valence-electron chi connectivity index (χ3n) is 5.03. The zero-order valence-corrected chi connectivity index (χ0v) is 15.9. The van der Waals surface area contributed by atoms with Crippen molar-refractivity contribution in [1.29, 1.82) is 0 Å². The van der Waals surface area contributed by atoms with Crippen molar-refractivity contribution in [3.63, 3.8) is 0 Å². The lowest BCUT2D eigenvalue weighted by atomic mass is 10.1. The van der Waals surface area contributed by atoms with Crippen molar-refractivity contribution in [2.75, 3.05) is 42.9 Å². The van der Waals surface area contributed by atoms with Gasteiger partial charge in [0.25, 0.3) is 0 Å². The summed E-state index contributed by atoms with van der Waals surface area (Å²) in [6.45, 7) is 8.37. The normalized spacial score (nSPS) is 14.4. The molecule has 0 saturated carbocycles. The van der Waals surface area contributed by atoms with Gasteiger partial charge in [-0.2, -0.15) is 0 Å². The van der Waals surface area contributed by atoms with E-state index in [4.69, 9.17) is 0 Å². The maximum atomic E-state index is 12.5. The average molecular weight is 351 g/mol. The minimum Gasteiger partial charge on any atom is -0.385 e. The Morgan fingerprint density at radius 1 is 1.04 bits per heavy atom. The summed E-state index contributed by atoms with van der Waals surface area (Å²) >= 11 is 0. The van der Waals surface area contributed by atoms with Gasteiger partial charge in [0.2, 0.25) is 5.91 Å². The van der Waals surface area contributed by atoms with Crippen LogP contribution in [0, 0.1) is 6.92 Å². The summed E-state index contributed by atoms with van der Waals surface area (Å²) in [4.78, 5) is 16.8. The Morgan fingerprint density at radius 2 is 1.77 bits per heavy atom. The molecule has 4 nitrogen and oxygen atoms in total. The van der Waals surface area contributed by atoms with E-state index in [9.17, 15) is 4.79 Å². The number of nitrogens with one attached hydrogen (secondary N) is 1. The maximum absolute atomic E-state index is 12.5. The molecule has 0 radical (unpaired) electrons. The van der Waals surface area contributed by atoms with E-state index in [2.05, 4.69) is 72.6 Å². The Morgan fingerprint density at radius 3 is 2.42 bits per heavy atom. The molecule has 3 rings (SSSR count). The number of nitrogens with zero attached hydrogens (tertiary/aromatic N) is 2. The zero-order valence-electron chi connectivity index (χ0n) is 15.9. The topological polar surface area (TPSA) is 35.6 Å². The number of piperazine rings is 1. The Kier molecular flexibility index (Phi) is 6.16. The highest BCUT2D eigenvalue weighted by molar-refractivity contribution is 5.77. The standard InChI is InChI=1S/C22H29N3O/c1-3-19-7-9-20(10-8-19)23-12-11-22(26)25-15-13-24(14-16-25)21-6-4-5-18(2)17-21/h4-10,17,23H,3,11-16H2,1-2H3. The molecule has 0 aromatic heterocycles. The highest BCUT2D eigenvalue weighted by Crippen LogP contribution is 2.18. The monoisotopic (exact) mass is 351 g/mol. The van der Waals surface area contributed by atoms with E-state index in [0.717, 1.165) is 38.3 Å². The molecule has 1 saturated heterocycles. The summed E-state index contributed by atoms with van der Waals surface area (Å²) < 4.78 is 0. The van der Waals surface area contributed by atoms with Crippen LogP contribution in [-0.2, 0) is 11.2 Å². The predicted molar refractivity (Wildman–Crippen MR) is 109 cm³/mol. The predicted octanol–water partition coefficient (Wildman–Crippen LogP) is 3.71. The molecule has 0 unspecified atom stereocenters. The quantitative estimate of drug-likeness (QED) is 0.862. The van der Waals surface area contributed by atoms with Crippen LogP contribution < -0.4 is 10.2 Å². The molecule has 2 aromatic rings. The van der Waals surface area contributed by atoms with Crippen LogP contribution >= 0.6 is 0 Å². The minimum absolute atomic E-state index is 0.242. The number of carbonyl (C=O) groups is 1. The second-order valence-corrected chi connectivity index (χ2v) is 6.93. The van der Waals surface area contributed by atoms with Gasteiger partial charge in [0.15, 0.2) is 0 Å². The zero-order chi connectivity index (χ0) is 18.4. The van der Waals surface area contributed by atoms with Gasteiger partial charge in [-0.15, -0.1) is 0 Å². The fraction of sp³-hybridized carbons (Fsp3) is 0.409. The lowest BCUT2D eigenvalue weighted by molar-refractivity contribution is -0.131. The van der Waals surface area contributed by atoms with E-state index >= 15 is 0 Å². The van der Waals surface area contributed by atoms with Gasteiger partial charge in [0.1, 0.15) is 0 Å². The molecule has 1 fully saturated rings. The number of rotatable bonds is 6. The smallest absolute Gasteiger partial charge is 0.224 e. The van der Waals surface area contributed by atoms with Crippen molar-refractivity contribution < 1.29 is 4.79 Å². The first kappa shape index (κ1) is 18.3. The van der Waals surface area contributed by atoms with Crippen molar-refractivity contribution in [3.05, 3.63) is 59.7 Å². The van der Waals surface area contributed by atoms with Gasteiger partial charge in [0.05, 0.1) is 0 Å². The van der Waals surface area contributed by atoms with Crippen LogP contribution in [0.2, 0.25) is 0 Å². The van der Waals surface area contributed by atoms with Gasteiger partial charge in [0, 0.05) is 50.5 Å². The number of carbonyl (C=O) groups excluding carboxylic acids is 1. The van der Waals surface area contributed by atoms with Crippen molar-refractivity contribution in [2.24, 2.45) is 0 Å². The maximum Gasteiger partial charge on any atom is 0.224 e. The number of benzene rings is 2. The van der Waals surface area contributed by atoms with Crippen LogP contribution in [0.4, 0.5) is 11.4 Å².